The number of benzene rings is 3. The summed E-state index contributed by atoms with van der Waals surface area (Å²) in [6, 6.07) is 25.8. The molecule has 35 heavy (non-hydrogen) atoms. The van der Waals surface area contributed by atoms with Gasteiger partial charge in [-0.1, -0.05) is 138 Å². The molecule has 2 unspecified atom stereocenters. The molecule has 3 rings (SSSR count). The van der Waals surface area contributed by atoms with Crippen LogP contribution in [0.3, 0.4) is 0 Å². The van der Waals surface area contributed by atoms with Gasteiger partial charge in [0.1, 0.15) is 0 Å². The topological polar surface area (TPSA) is 0 Å². The predicted molar refractivity (Wildman–Crippen MR) is 159 cm³/mol. The molecule has 0 saturated carbocycles. The fourth-order valence-corrected chi connectivity index (χ4v) is 4.07. The van der Waals surface area contributed by atoms with Crippen molar-refractivity contribution in [2.45, 2.75) is 99.3 Å². The Hall–Kier alpha value is -2.05. The molecule has 0 amide bonds. The van der Waals surface area contributed by atoms with Crippen LogP contribution in [-0.4, -0.2) is 0 Å². The van der Waals surface area contributed by atoms with E-state index in [0.717, 1.165) is 23.8 Å². The highest BCUT2D eigenvalue weighted by Crippen LogP contribution is 2.26. The average Bonchev–Trinajstić information content (AvgIpc) is 2.88. The molecule has 0 fully saturated rings. The van der Waals surface area contributed by atoms with E-state index in [-0.39, 0.29) is 0 Å². The van der Waals surface area contributed by atoms with Crippen LogP contribution in [0.25, 0.3) is 0 Å². The summed E-state index contributed by atoms with van der Waals surface area (Å²) in [5.41, 5.74) is 6.91. The summed E-state index contributed by atoms with van der Waals surface area (Å²) < 4.78 is 0. The minimum Gasteiger partial charge on any atom is -0.0840 e. The van der Waals surface area contributed by atoms with Crippen LogP contribution < -0.4 is 0 Å². The van der Waals surface area contributed by atoms with E-state index in [9.17, 15) is 0 Å². The van der Waals surface area contributed by atoms with E-state index in [2.05, 4.69) is 115 Å². The summed E-state index contributed by atoms with van der Waals surface area (Å²) in [5.74, 6) is 1.40. The van der Waals surface area contributed by atoms with Crippen LogP contribution in [0.4, 0.5) is 0 Å². The van der Waals surface area contributed by atoms with Crippen molar-refractivity contribution in [3.63, 3.8) is 0 Å². The van der Waals surface area contributed by atoms with Crippen LogP contribution >= 0.6 is 11.6 Å². The van der Waals surface area contributed by atoms with Gasteiger partial charge in [0, 0.05) is 5.02 Å². The molecule has 0 saturated heterocycles. The molecule has 0 heterocycles. The van der Waals surface area contributed by atoms with E-state index in [1.54, 1.807) is 0 Å². The molecule has 0 aliphatic heterocycles. The standard InChI is InChI=1S/C16H25Cl.C10H14.C8H10/c1-5-12(3)7-8-14-9-10-15(11-16(14)17)13(4)6-2;1-3-5-10-7-4-6-9(2)8-10;1-2-8-6-4-3-5-7-8/h9-13H,5-8H2,1-4H3;4,6-8H,3,5H2,1-2H3;3-7H,2H2,1H3. The van der Waals surface area contributed by atoms with Crippen molar-refractivity contribution in [1.29, 1.82) is 0 Å². The molecule has 0 bridgehead atoms. The zero-order valence-electron chi connectivity index (χ0n) is 23.4. The second kappa shape index (κ2) is 18.3. The quantitative estimate of drug-likeness (QED) is 0.278. The van der Waals surface area contributed by atoms with Gasteiger partial charge in [0.15, 0.2) is 0 Å². The Morgan fingerprint density at radius 1 is 0.714 bits per heavy atom. The molecule has 3 aromatic carbocycles. The van der Waals surface area contributed by atoms with Crippen molar-refractivity contribution < 1.29 is 0 Å². The van der Waals surface area contributed by atoms with Gasteiger partial charge >= 0.3 is 0 Å². The van der Waals surface area contributed by atoms with Gasteiger partial charge in [-0.3, -0.25) is 0 Å². The second-order valence-electron chi connectivity index (χ2n) is 9.79. The Labute approximate surface area is 222 Å². The normalized spacial score (nSPS) is 12.0. The first-order chi connectivity index (χ1) is 16.8. The summed E-state index contributed by atoms with van der Waals surface area (Å²) in [4.78, 5) is 0. The van der Waals surface area contributed by atoms with Gasteiger partial charge in [0.25, 0.3) is 0 Å². The number of aryl methyl sites for hydroxylation is 4. The van der Waals surface area contributed by atoms with Gasteiger partial charge in [0.05, 0.1) is 0 Å². The van der Waals surface area contributed by atoms with E-state index >= 15 is 0 Å². The lowest BCUT2D eigenvalue weighted by atomic mass is 9.95. The third kappa shape index (κ3) is 13.0. The van der Waals surface area contributed by atoms with Gasteiger partial charge in [-0.2, -0.15) is 0 Å². The van der Waals surface area contributed by atoms with E-state index in [1.807, 2.05) is 6.07 Å². The first kappa shape index (κ1) is 31.0. The first-order valence-electron chi connectivity index (χ1n) is 13.7. The summed E-state index contributed by atoms with van der Waals surface area (Å²) in [5, 5.41) is 0.950. The predicted octanol–water partition coefficient (Wildman–Crippen LogP) is 11.0. The SMILES string of the molecule is CCC(C)CCc1ccc(C(C)CC)cc1Cl.CCCc1cccc(C)c1.CCc1ccccc1. The summed E-state index contributed by atoms with van der Waals surface area (Å²) in [6.07, 6.45) is 8.35. The fraction of sp³-hybridized carbons (Fsp3) is 0.471. The smallest absolute Gasteiger partial charge is 0.0440 e. The second-order valence-corrected chi connectivity index (χ2v) is 10.2. The number of halogens is 1. The molecular weight excluding hydrogens is 444 g/mol. The molecule has 2 atom stereocenters. The third-order valence-corrected chi connectivity index (χ3v) is 7.09. The Morgan fingerprint density at radius 3 is 1.91 bits per heavy atom. The molecule has 192 valence electrons. The largest absolute Gasteiger partial charge is 0.0840 e. The van der Waals surface area contributed by atoms with Gasteiger partial charge < -0.3 is 0 Å². The maximum Gasteiger partial charge on any atom is 0.0440 e. The van der Waals surface area contributed by atoms with Crippen LogP contribution in [0.5, 0.6) is 0 Å². The number of rotatable bonds is 9. The summed E-state index contributed by atoms with van der Waals surface area (Å²) >= 11 is 6.36. The van der Waals surface area contributed by atoms with Gasteiger partial charge in [-0.15, -0.1) is 0 Å². The van der Waals surface area contributed by atoms with E-state index < -0.39 is 0 Å². The van der Waals surface area contributed by atoms with Crippen molar-refractivity contribution >= 4 is 11.6 Å². The highest BCUT2D eigenvalue weighted by atomic mass is 35.5. The van der Waals surface area contributed by atoms with E-state index in [4.69, 9.17) is 11.6 Å². The molecule has 0 spiro atoms. The maximum atomic E-state index is 6.36. The first-order valence-corrected chi connectivity index (χ1v) is 14.1. The zero-order valence-corrected chi connectivity index (χ0v) is 24.2. The Bertz CT molecular complexity index is 928. The number of hydrogen-bond acceptors (Lipinski definition) is 0. The lowest BCUT2D eigenvalue weighted by molar-refractivity contribution is 0.516. The van der Waals surface area contributed by atoms with Gasteiger partial charge in [0.2, 0.25) is 0 Å². The van der Waals surface area contributed by atoms with Crippen LogP contribution in [0, 0.1) is 12.8 Å². The number of hydrogen-bond donors (Lipinski definition) is 0. The maximum absolute atomic E-state index is 6.36. The van der Waals surface area contributed by atoms with Crippen molar-refractivity contribution in [3.8, 4) is 0 Å². The van der Waals surface area contributed by atoms with Crippen molar-refractivity contribution in [2.75, 3.05) is 0 Å². The van der Waals surface area contributed by atoms with Gasteiger partial charge in [-0.05, 0) is 79.2 Å². The molecule has 0 aliphatic carbocycles. The molecular formula is C34H49Cl. The van der Waals surface area contributed by atoms with E-state index in [1.165, 1.54) is 59.9 Å². The monoisotopic (exact) mass is 492 g/mol. The molecule has 0 nitrogen and oxygen atoms in total. The molecule has 0 aliphatic rings. The van der Waals surface area contributed by atoms with Crippen LogP contribution in [0.1, 0.15) is 101 Å². The summed E-state index contributed by atoms with van der Waals surface area (Å²) in [6.45, 7) is 15.5. The molecule has 0 radical (unpaired) electrons. The molecule has 1 heteroatoms. The lowest BCUT2D eigenvalue weighted by Crippen LogP contribution is -1.98. The Kier molecular flexibility index (Phi) is 16.2. The van der Waals surface area contributed by atoms with Gasteiger partial charge in [-0.25, -0.2) is 0 Å². The highest BCUT2D eigenvalue weighted by molar-refractivity contribution is 6.31. The summed E-state index contributed by atoms with van der Waals surface area (Å²) in [7, 11) is 0. The molecule has 0 aromatic heterocycles. The zero-order chi connectivity index (χ0) is 26.1. The Morgan fingerprint density at radius 2 is 1.40 bits per heavy atom. The van der Waals surface area contributed by atoms with E-state index in [0.29, 0.717) is 5.92 Å². The van der Waals surface area contributed by atoms with Crippen LogP contribution in [-0.2, 0) is 19.3 Å². The minimum atomic E-state index is 0.608. The molecule has 3 aromatic rings. The highest BCUT2D eigenvalue weighted by Gasteiger charge is 2.08. The van der Waals surface area contributed by atoms with Crippen molar-refractivity contribution in [3.05, 3.63) is 106 Å². The fourth-order valence-electron chi connectivity index (χ4n) is 3.78. The van der Waals surface area contributed by atoms with Crippen LogP contribution in [0.15, 0.2) is 72.8 Å². The molecule has 0 N–H and O–H groups in total. The lowest BCUT2D eigenvalue weighted by Gasteiger charge is -2.13. The average molecular weight is 493 g/mol. The minimum absolute atomic E-state index is 0.608. The Balaban J connectivity index is 0.000000287. The van der Waals surface area contributed by atoms with Crippen molar-refractivity contribution in [1.82, 2.24) is 0 Å². The van der Waals surface area contributed by atoms with Crippen LogP contribution in [0.2, 0.25) is 5.02 Å². The third-order valence-electron chi connectivity index (χ3n) is 6.73. The van der Waals surface area contributed by atoms with Crippen molar-refractivity contribution in [2.24, 2.45) is 5.92 Å².